The van der Waals surface area contributed by atoms with Crippen molar-refractivity contribution < 1.29 is 9.53 Å². The normalized spacial score (nSPS) is 12.1. The number of carbonyl (C=O) groups excluding carboxylic acids is 1. The van der Waals surface area contributed by atoms with Gasteiger partial charge in [0.05, 0.1) is 13.0 Å². The molecule has 3 heteroatoms. The van der Waals surface area contributed by atoms with Crippen LogP contribution in [0.15, 0.2) is 30.3 Å². The van der Waals surface area contributed by atoms with Gasteiger partial charge in [-0.05, 0) is 24.9 Å². The van der Waals surface area contributed by atoms with Crippen molar-refractivity contribution in [3.63, 3.8) is 0 Å². The van der Waals surface area contributed by atoms with E-state index in [0.717, 1.165) is 19.4 Å². The summed E-state index contributed by atoms with van der Waals surface area (Å²) < 4.78 is 4.66. The fourth-order valence-electron chi connectivity index (χ4n) is 1.67. The van der Waals surface area contributed by atoms with Gasteiger partial charge in [-0.15, -0.1) is 0 Å². The van der Waals surface area contributed by atoms with Gasteiger partial charge in [0.1, 0.15) is 0 Å². The van der Waals surface area contributed by atoms with E-state index in [2.05, 4.69) is 34.3 Å². The van der Waals surface area contributed by atoms with Crippen molar-refractivity contribution >= 4 is 5.97 Å². The van der Waals surface area contributed by atoms with E-state index in [9.17, 15) is 4.79 Å². The lowest BCUT2D eigenvalue weighted by atomic mass is 10.1. The van der Waals surface area contributed by atoms with Crippen LogP contribution < -0.4 is 5.32 Å². The maximum Gasteiger partial charge on any atom is 0.309 e. The lowest BCUT2D eigenvalue weighted by Crippen LogP contribution is -2.28. The largest absolute Gasteiger partial charge is 0.469 e. The molecule has 0 spiro atoms. The zero-order valence-corrected chi connectivity index (χ0v) is 10.6. The lowest BCUT2D eigenvalue weighted by Gasteiger charge is -2.10. The molecule has 0 fully saturated rings. The molecule has 1 N–H and O–H groups in total. The number of rotatable bonds is 7. The van der Waals surface area contributed by atoms with Crippen molar-refractivity contribution in [1.82, 2.24) is 5.32 Å². The van der Waals surface area contributed by atoms with Gasteiger partial charge >= 0.3 is 5.97 Å². The summed E-state index contributed by atoms with van der Waals surface area (Å²) in [4.78, 5) is 11.1. The van der Waals surface area contributed by atoms with E-state index in [0.29, 0.717) is 6.54 Å². The van der Waals surface area contributed by atoms with Crippen LogP contribution in [0, 0.1) is 5.92 Å². The molecular weight excluding hydrogens is 214 g/mol. The highest BCUT2D eigenvalue weighted by Crippen LogP contribution is 2.01. The maximum atomic E-state index is 11.1. The monoisotopic (exact) mass is 235 g/mol. The zero-order valence-electron chi connectivity index (χ0n) is 10.6. The predicted molar refractivity (Wildman–Crippen MR) is 68.8 cm³/mol. The summed E-state index contributed by atoms with van der Waals surface area (Å²) >= 11 is 0. The third-order valence-corrected chi connectivity index (χ3v) is 2.72. The number of benzene rings is 1. The van der Waals surface area contributed by atoms with Gasteiger partial charge in [0.15, 0.2) is 0 Å². The average molecular weight is 235 g/mol. The van der Waals surface area contributed by atoms with E-state index in [-0.39, 0.29) is 11.9 Å². The van der Waals surface area contributed by atoms with Crippen LogP contribution in [0.5, 0.6) is 0 Å². The van der Waals surface area contributed by atoms with E-state index in [1.807, 2.05) is 13.0 Å². The Bertz CT molecular complexity index is 324. The molecule has 0 amide bonds. The zero-order chi connectivity index (χ0) is 12.5. The van der Waals surface area contributed by atoms with Gasteiger partial charge in [0, 0.05) is 6.54 Å². The van der Waals surface area contributed by atoms with Crippen LogP contribution in [0.4, 0.5) is 0 Å². The first-order valence-corrected chi connectivity index (χ1v) is 6.06. The van der Waals surface area contributed by atoms with Crippen molar-refractivity contribution in [3.05, 3.63) is 35.9 Å². The minimum Gasteiger partial charge on any atom is -0.469 e. The Morgan fingerprint density at radius 2 is 2.06 bits per heavy atom. The van der Waals surface area contributed by atoms with Crippen molar-refractivity contribution in [3.8, 4) is 0 Å². The Morgan fingerprint density at radius 3 is 2.71 bits per heavy atom. The first kappa shape index (κ1) is 13.7. The van der Waals surface area contributed by atoms with E-state index in [4.69, 9.17) is 0 Å². The van der Waals surface area contributed by atoms with Crippen molar-refractivity contribution in [1.29, 1.82) is 0 Å². The second kappa shape index (κ2) is 7.85. The Balaban J connectivity index is 2.07. The second-order valence-electron chi connectivity index (χ2n) is 4.22. The molecule has 17 heavy (non-hydrogen) atoms. The number of methoxy groups -OCH3 is 1. The maximum absolute atomic E-state index is 11.1. The van der Waals surface area contributed by atoms with Crippen LogP contribution in [0.2, 0.25) is 0 Å². The lowest BCUT2D eigenvalue weighted by molar-refractivity contribution is -0.144. The molecule has 1 unspecified atom stereocenters. The van der Waals surface area contributed by atoms with E-state index in [1.54, 1.807) is 0 Å². The topological polar surface area (TPSA) is 38.3 Å². The molecule has 0 saturated heterocycles. The Labute approximate surface area is 103 Å². The molecule has 0 bridgehead atoms. The number of hydrogen-bond acceptors (Lipinski definition) is 3. The highest BCUT2D eigenvalue weighted by atomic mass is 16.5. The van der Waals surface area contributed by atoms with Crippen LogP contribution in [0.3, 0.4) is 0 Å². The highest BCUT2D eigenvalue weighted by Gasteiger charge is 2.11. The fourth-order valence-corrected chi connectivity index (χ4v) is 1.67. The molecule has 0 heterocycles. The molecule has 1 atom stereocenters. The van der Waals surface area contributed by atoms with E-state index in [1.165, 1.54) is 12.7 Å². The van der Waals surface area contributed by atoms with Gasteiger partial charge in [0.2, 0.25) is 0 Å². The summed E-state index contributed by atoms with van der Waals surface area (Å²) in [6.45, 7) is 3.48. The summed E-state index contributed by atoms with van der Waals surface area (Å²) in [6, 6.07) is 10.4. The van der Waals surface area contributed by atoms with Gasteiger partial charge in [0.25, 0.3) is 0 Å². The predicted octanol–water partition coefficient (Wildman–Crippen LogP) is 2.02. The van der Waals surface area contributed by atoms with Crippen LogP contribution in [0.25, 0.3) is 0 Å². The van der Waals surface area contributed by atoms with Crippen molar-refractivity contribution in [2.75, 3.05) is 20.2 Å². The Hall–Kier alpha value is -1.35. The number of esters is 1. The number of carbonyl (C=O) groups is 1. The molecule has 1 aromatic carbocycles. The molecule has 0 aliphatic rings. The molecule has 1 rings (SSSR count). The fraction of sp³-hybridized carbons (Fsp3) is 0.500. The molecule has 0 radical (unpaired) electrons. The highest BCUT2D eigenvalue weighted by molar-refractivity contribution is 5.71. The molecular formula is C14H21NO2. The van der Waals surface area contributed by atoms with Gasteiger partial charge in [-0.1, -0.05) is 37.3 Å². The Kier molecular flexibility index (Phi) is 6.33. The van der Waals surface area contributed by atoms with E-state index >= 15 is 0 Å². The quantitative estimate of drug-likeness (QED) is 0.580. The summed E-state index contributed by atoms with van der Waals surface area (Å²) in [5, 5.41) is 3.27. The van der Waals surface area contributed by atoms with E-state index < -0.39 is 0 Å². The first-order chi connectivity index (χ1) is 8.24. The van der Waals surface area contributed by atoms with Gasteiger partial charge in [-0.2, -0.15) is 0 Å². The summed E-state index contributed by atoms with van der Waals surface area (Å²) in [5.74, 6) is -0.225. The minimum absolute atomic E-state index is 0.0725. The Morgan fingerprint density at radius 1 is 1.35 bits per heavy atom. The van der Waals surface area contributed by atoms with Crippen LogP contribution in [0.1, 0.15) is 18.9 Å². The third kappa shape index (κ3) is 5.50. The first-order valence-electron chi connectivity index (χ1n) is 6.06. The summed E-state index contributed by atoms with van der Waals surface area (Å²) in [7, 11) is 1.42. The number of hydrogen-bond donors (Lipinski definition) is 1. The average Bonchev–Trinajstić information content (AvgIpc) is 2.38. The molecule has 0 aliphatic heterocycles. The SMILES string of the molecule is COC(=O)C(C)CNCCCc1ccccc1. The molecule has 0 aromatic heterocycles. The third-order valence-electron chi connectivity index (χ3n) is 2.72. The molecule has 94 valence electrons. The number of nitrogens with one attached hydrogen (secondary N) is 1. The van der Waals surface area contributed by atoms with Crippen LogP contribution in [-0.2, 0) is 16.0 Å². The standard InChI is InChI=1S/C14H21NO2/c1-12(14(16)17-2)11-15-10-6-9-13-7-4-3-5-8-13/h3-5,7-8,12,15H,6,9-11H2,1-2H3. The van der Waals surface area contributed by atoms with Crippen LogP contribution in [-0.4, -0.2) is 26.2 Å². The molecule has 3 nitrogen and oxygen atoms in total. The van der Waals surface area contributed by atoms with Gasteiger partial charge in [-0.3, -0.25) is 4.79 Å². The number of ether oxygens (including phenoxy) is 1. The smallest absolute Gasteiger partial charge is 0.309 e. The summed E-state index contributed by atoms with van der Waals surface area (Å²) in [6.07, 6.45) is 2.15. The van der Waals surface area contributed by atoms with Gasteiger partial charge < -0.3 is 10.1 Å². The molecule has 0 aliphatic carbocycles. The van der Waals surface area contributed by atoms with Gasteiger partial charge in [-0.25, -0.2) is 0 Å². The second-order valence-corrected chi connectivity index (χ2v) is 4.22. The molecule has 0 saturated carbocycles. The molecule has 1 aromatic rings. The minimum atomic E-state index is -0.152. The van der Waals surface area contributed by atoms with Crippen LogP contribution >= 0.6 is 0 Å². The summed E-state index contributed by atoms with van der Waals surface area (Å²) in [5.41, 5.74) is 1.36. The number of aryl methyl sites for hydroxylation is 1. The van der Waals surface area contributed by atoms with Crippen molar-refractivity contribution in [2.24, 2.45) is 5.92 Å². The van der Waals surface area contributed by atoms with Crippen molar-refractivity contribution in [2.45, 2.75) is 19.8 Å².